The van der Waals surface area contributed by atoms with Crippen molar-refractivity contribution in [2.75, 3.05) is 26.2 Å². The largest absolute Gasteiger partial charge is 0.395 e. The third-order valence-corrected chi connectivity index (χ3v) is 4.90. The van der Waals surface area contributed by atoms with Crippen molar-refractivity contribution in [3.8, 4) is 0 Å². The molecule has 1 aromatic carbocycles. The number of aryl methyl sites for hydroxylation is 1. The van der Waals surface area contributed by atoms with Gasteiger partial charge in [-0.25, -0.2) is 4.68 Å². The molecule has 1 amide bonds. The third-order valence-electron chi connectivity index (χ3n) is 4.90. The molecule has 2 heterocycles. The van der Waals surface area contributed by atoms with Crippen molar-refractivity contribution in [1.82, 2.24) is 30.4 Å². The molecular formula is C18H26N6O2. The van der Waals surface area contributed by atoms with Gasteiger partial charge in [0.2, 0.25) is 0 Å². The fourth-order valence-electron chi connectivity index (χ4n) is 3.31. The van der Waals surface area contributed by atoms with Crippen molar-refractivity contribution < 1.29 is 9.90 Å². The molecule has 2 aromatic rings. The van der Waals surface area contributed by atoms with Crippen LogP contribution in [-0.2, 0) is 6.54 Å². The average Bonchev–Trinajstić information content (AvgIpc) is 3.07. The molecule has 0 saturated carbocycles. The molecule has 3 rings (SSSR count). The molecule has 1 aliphatic heterocycles. The first-order chi connectivity index (χ1) is 12.7. The summed E-state index contributed by atoms with van der Waals surface area (Å²) in [6.07, 6.45) is 3.37. The molecule has 26 heavy (non-hydrogen) atoms. The van der Waals surface area contributed by atoms with Crippen molar-refractivity contribution in [2.45, 2.75) is 38.8 Å². The van der Waals surface area contributed by atoms with Crippen molar-refractivity contribution in [2.24, 2.45) is 0 Å². The second kappa shape index (κ2) is 8.86. The minimum absolute atomic E-state index is 0.0762. The van der Waals surface area contributed by atoms with Gasteiger partial charge in [-0.05, 0) is 54.4 Å². The predicted octanol–water partition coefficient (Wildman–Crippen LogP) is 0.606. The van der Waals surface area contributed by atoms with E-state index in [4.69, 9.17) is 0 Å². The van der Waals surface area contributed by atoms with Gasteiger partial charge in [-0.3, -0.25) is 9.69 Å². The van der Waals surface area contributed by atoms with Crippen LogP contribution < -0.4 is 5.32 Å². The number of hydrogen-bond donors (Lipinski definition) is 2. The van der Waals surface area contributed by atoms with Crippen molar-refractivity contribution in [3.63, 3.8) is 0 Å². The van der Waals surface area contributed by atoms with Crippen LogP contribution in [0.2, 0.25) is 0 Å². The standard InChI is InChI=1S/C18H26N6O2/c1-14-20-21-22-24(14)12-15-5-7-16(8-6-15)18(26)19-9-11-23-10-3-2-4-17(23)13-25/h5-8,17,25H,2-4,9-13H2,1H3,(H,19,26). The number of rotatable bonds is 7. The zero-order valence-electron chi connectivity index (χ0n) is 15.1. The summed E-state index contributed by atoms with van der Waals surface area (Å²) in [5, 5.41) is 23.8. The fourth-order valence-corrected chi connectivity index (χ4v) is 3.31. The van der Waals surface area contributed by atoms with Crippen molar-refractivity contribution in [1.29, 1.82) is 0 Å². The number of benzene rings is 1. The Morgan fingerprint density at radius 3 is 2.81 bits per heavy atom. The van der Waals surface area contributed by atoms with E-state index in [9.17, 15) is 9.90 Å². The molecule has 140 valence electrons. The van der Waals surface area contributed by atoms with E-state index in [-0.39, 0.29) is 18.6 Å². The second-order valence-electron chi connectivity index (χ2n) is 6.70. The van der Waals surface area contributed by atoms with Crippen LogP contribution in [0.15, 0.2) is 24.3 Å². The Balaban J connectivity index is 1.48. The quantitative estimate of drug-likeness (QED) is 0.753. The highest BCUT2D eigenvalue weighted by Gasteiger charge is 2.21. The molecule has 0 aliphatic carbocycles. The Morgan fingerprint density at radius 2 is 2.12 bits per heavy atom. The number of likely N-dealkylation sites (tertiary alicyclic amines) is 1. The molecule has 1 unspecified atom stereocenters. The number of tetrazole rings is 1. The van der Waals surface area contributed by atoms with Gasteiger partial charge in [0.05, 0.1) is 13.2 Å². The molecule has 0 spiro atoms. The van der Waals surface area contributed by atoms with Gasteiger partial charge in [-0.15, -0.1) is 5.10 Å². The number of carbonyl (C=O) groups excluding carboxylic acids is 1. The van der Waals surface area contributed by atoms with Crippen LogP contribution in [0, 0.1) is 6.92 Å². The topological polar surface area (TPSA) is 96.2 Å². The number of hydrogen-bond acceptors (Lipinski definition) is 6. The highest BCUT2D eigenvalue weighted by molar-refractivity contribution is 5.94. The highest BCUT2D eigenvalue weighted by Crippen LogP contribution is 2.15. The first kappa shape index (κ1) is 18.5. The summed E-state index contributed by atoms with van der Waals surface area (Å²) < 4.78 is 1.71. The lowest BCUT2D eigenvalue weighted by Crippen LogP contribution is -2.45. The summed E-state index contributed by atoms with van der Waals surface area (Å²) in [7, 11) is 0. The second-order valence-corrected chi connectivity index (χ2v) is 6.70. The van der Waals surface area contributed by atoms with Gasteiger partial charge in [0.25, 0.3) is 5.91 Å². The molecule has 1 aromatic heterocycles. The van der Waals surface area contributed by atoms with Crippen molar-refractivity contribution in [3.05, 3.63) is 41.2 Å². The Morgan fingerprint density at radius 1 is 1.31 bits per heavy atom. The lowest BCUT2D eigenvalue weighted by molar-refractivity contribution is 0.0849. The van der Waals surface area contributed by atoms with Crippen LogP contribution >= 0.6 is 0 Å². The monoisotopic (exact) mass is 358 g/mol. The SMILES string of the molecule is Cc1nnnn1Cc1ccc(C(=O)NCCN2CCCCC2CO)cc1. The van der Waals surface area contributed by atoms with E-state index in [1.807, 2.05) is 31.2 Å². The third kappa shape index (κ3) is 4.64. The summed E-state index contributed by atoms with van der Waals surface area (Å²) in [4.78, 5) is 14.6. The maximum atomic E-state index is 12.3. The summed E-state index contributed by atoms with van der Waals surface area (Å²) in [5.74, 6) is 0.679. The molecule has 2 N–H and O–H groups in total. The van der Waals surface area contributed by atoms with Gasteiger partial charge in [-0.1, -0.05) is 18.6 Å². The summed E-state index contributed by atoms with van der Waals surface area (Å²) >= 11 is 0. The molecule has 0 bridgehead atoms. The Kier molecular flexibility index (Phi) is 6.30. The zero-order valence-corrected chi connectivity index (χ0v) is 15.1. The van der Waals surface area contributed by atoms with E-state index in [0.717, 1.165) is 37.3 Å². The number of carbonyl (C=O) groups is 1. The first-order valence-corrected chi connectivity index (χ1v) is 9.12. The molecule has 1 aliphatic rings. The van der Waals surface area contributed by atoms with Crippen LogP contribution in [0.3, 0.4) is 0 Å². The number of aromatic nitrogens is 4. The number of aliphatic hydroxyl groups is 1. The van der Waals surface area contributed by atoms with Gasteiger partial charge in [0.1, 0.15) is 5.82 Å². The van der Waals surface area contributed by atoms with E-state index in [2.05, 4.69) is 25.7 Å². The minimum Gasteiger partial charge on any atom is -0.395 e. The van der Waals surface area contributed by atoms with Crippen LogP contribution in [0.4, 0.5) is 0 Å². The molecule has 8 heteroatoms. The molecule has 0 radical (unpaired) electrons. The molecule has 1 saturated heterocycles. The Hall–Kier alpha value is -2.32. The maximum Gasteiger partial charge on any atom is 0.251 e. The van der Waals surface area contributed by atoms with Crippen LogP contribution in [0.5, 0.6) is 0 Å². The van der Waals surface area contributed by atoms with Crippen LogP contribution in [-0.4, -0.2) is 68.4 Å². The van der Waals surface area contributed by atoms with Crippen LogP contribution in [0.25, 0.3) is 0 Å². The lowest BCUT2D eigenvalue weighted by atomic mass is 10.0. The predicted molar refractivity (Wildman–Crippen MR) is 96.7 cm³/mol. The summed E-state index contributed by atoms with van der Waals surface area (Å²) in [6.45, 7) is 4.97. The van der Waals surface area contributed by atoms with Crippen molar-refractivity contribution >= 4 is 5.91 Å². The molecule has 1 atom stereocenters. The van der Waals surface area contributed by atoms with Gasteiger partial charge >= 0.3 is 0 Å². The van der Waals surface area contributed by atoms with Crippen LogP contribution in [0.1, 0.15) is 41.0 Å². The number of aliphatic hydroxyl groups excluding tert-OH is 1. The van der Waals surface area contributed by atoms with E-state index in [1.165, 1.54) is 6.42 Å². The van der Waals surface area contributed by atoms with E-state index in [1.54, 1.807) is 4.68 Å². The van der Waals surface area contributed by atoms with Gasteiger partial charge < -0.3 is 10.4 Å². The Labute approximate surface area is 153 Å². The maximum absolute atomic E-state index is 12.3. The summed E-state index contributed by atoms with van der Waals surface area (Å²) in [5.41, 5.74) is 1.68. The molecular weight excluding hydrogens is 332 g/mol. The highest BCUT2D eigenvalue weighted by atomic mass is 16.3. The zero-order chi connectivity index (χ0) is 18.4. The first-order valence-electron chi connectivity index (χ1n) is 9.12. The Bertz CT molecular complexity index is 715. The lowest BCUT2D eigenvalue weighted by Gasteiger charge is -2.34. The molecule has 1 fully saturated rings. The number of nitrogens with zero attached hydrogens (tertiary/aromatic N) is 5. The van der Waals surface area contributed by atoms with Gasteiger partial charge in [0.15, 0.2) is 0 Å². The number of amides is 1. The normalized spacial score (nSPS) is 18.0. The molecule has 8 nitrogen and oxygen atoms in total. The summed E-state index contributed by atoms with van der Waals surface area (Å²) in [6, 6.07) is 7.71. The van der Waals surface area contributed by atoms with E-state index >= 15 is 0 Å². The van der Waals surface area contributed by atoms with E-state index in [0.29, 0.717) is 18.7 Å². The van der Waals surface area contributed by atoms with E-state index < -0.39 is 0 Å². The minimum atomic E-state index is -0.0762. The number of nitrogens with one attached hydrogen (secondary N) is 1. The average molecular weight is 358 g/mol. The van der Waals surface area contributed by atoms with Gasteiger partial charge in [0, 0.05) is 24.7 Å². The fraction of sp³-hybridized carbons (Fsp3) is 0.556. The number of piperidine rings is 1. The van der Waals surface area contributed by atoms with Gasteiger partial charge in [-0.2, -0.15) is 0 Å². The smallest absolute Gasteiger partial charge is 0.251 e.